The van der Waals surface area contributed by atoms with Gasteiger partial charge in [-0.2, -0.15) is 0 Å². The van der Waals surface area contributed by atoms with Gasteiger partial charge in [0.05, 0.1) is 33.5 Å². The van der Waals surface area contributed by atoms with E-state index in [9.17, 15) is 19.7 Å². The lowest BCUT2D eigenvalue weighted by Gasteiger charge is -2.35. The number of nitrogens with two attached hydrogens (primary N) is 1. The van der Waals surface area contributed by atoms with Gasteiger partial charge in [0.2, 0.25) is 0 Å². The van der Waals surface area contributed by atoms with E-state index in [1.807, 2.05) is 47.6 Å². The lowest BCUT2D eigenvalue weighted by atomic mass is 10.1. The Morgan fingerprint density at radius 2 is 1.24 bits per heavy atom. The number of fused-ring (bicyclic) bond motifs is 2. The van der Waals surface area contributed by atoms with Crippen molar-refractivity contribution in [2.75, 3.05) is 42.5 Å². The molecule has 0 aliphatic carbocycles. The van der Waals surface area contributed by atoms with Gasteiger partial charge in [-0.05, 0) is 91.5 Å². The van der Waals surface area contributed by atoms with Crippen molar-refractivity contribution >= 4 is 80.2 Å². The number of aromatic nitrogens is 4. The predicted molar refractivity (Wildman–Crippen MR) is 209 cm³/mol. The summed E-state index contributed by atoms with van der Waals surface area (Å²) in [4.78, 5) is 56.0. The zero-order chi connectivity index (χ0) is 39.4. The number of piperidine rings is 2. The lowest BCUT2D eigenvalue weighted by molar-refractivity contribution is -0.384. The van der Waals surface area contributed by atoms with Crippen molar-refractivity contribution in [1.82, 2.24) is 29.7 Å². The van der Waals surface area contributed by atoms with Crippen LogP contribution in [0.2, 0.25) is 10.3 Å². The Bertz CT molecular complexity index is 2020. The molecule has 0 spiro atoms. The Morgan fingerprint density at radius 3 is 1.70 bits per heavy atom. The first-order chi connectivity index (χ1) is 25.4. The summed E-state index contributed by atoms with van der Waals surface area (Å²) in [6.07, 6.45) is 5.43. The minimum atomic E-state index is -0.585. The molecule has 0 bridgehead atoms. The number of amides is 2. The first kappa shape index (κ1) is 40.2. The van der Waals surface area contributed by atoms with Crippen LogP contribution in [-0.2, 0) is 9.47 Å². The standard InChI is InChI=1S/C18H22ClN5O4.C18H24ClN5O2/c1-18(2,3)28-17(25)23-8-4-5-11(10-23)21-16-13(24(26)27)9-20-12-6-7-14(19)22-15(12)16;1-18(2,3)26-17(25)24-8-4-5-11(10-24)22-15-12(20)9-21-13-6-7-14(19)23-16(13)15/h6-7,9,11H,4-5,8,10H2,1-3H3,(H,20,21);6-7,9,11H,4-5,8,10,20H2,1-3H3,(H,21,22)/t2*11-/m00/s1. The van der Waals surface area contributed by atoms with Crippen molar-refractivity contribution in [3.8, 4) is 0 Å². The van der Waals surface area contributed by atoms with E-state index in [1.165, 1.54) is 6.20 Å². The van der Waals surface area contributed by atoms with Gasteiger partial charge in [-0.3, -0.25) is 15.1 Å². The van der Waals surface area contributed by atoms with E-state index in [4.69, 9.17) is 38.4 Å². The minimum Gasteiger partial charge on any atom is -0.444 e. The summed E-state index contributed by atoms with van der Waals surface area (Å²) >= 11 is 12.0. The number of nitrogen functional groups attached to an aromatic ring is 1. The molecule has 54 heavy (non-hydrogen) atoms. The van der Waals surface area contributed by atoms with Gasteiger partial charge in [0, 0.05) is 38.3 Å². The largest absolute Gasteiger partial charge is 0.444 e. The van der Waals surface area contributed by atoms with Crippen LogP contribution in [0.15, 0.2) is 36.7 Å². The van der Waals surface area contributed by atoms with Crippen LogP contribution in [0.5, 0.6) is 0 Å². The van der Waals surface area contributed by atoms with Gasteiger partial charge >= 0.3 is 17.9 Å². The highest BCUT2D eigenvalue weighted by atomic mass is 35.5. The summed E-state index contributed by atoms with van der Waals surface area (Å²) in [6, 6.07) is 6.60. The number of anilines is 3. The van der Waals surface area contributed by atoms with Gasteiger partial charge in [0.15, 0.2) is 0 Å². The van der Waals surface area contributed by atoms with Crippen molar-refractivity contribution in [3.63, 3.8) is 0 Å². The number of hydrogen-bond acceptors (Lipinski definition) is 13. The lowest BCUT2D eigenvalue weighted by Crippen LogP contribution is -2.47. The molecule has 4 aromatic rings. The second-order valence-electron chi connectivity index (χ2n) is 15.2. The van der Waals surface area contributed by atoms with Gasteiger partial charge < -0.3 is 35.6 Å². The third kappa shape index (κ3) is 10.6. The van der Waals surface area contributed by atoms with Crippen LogP contribution in [-0.4, -0.2) is 96.3 Å². The van der Waals surface area contributed by atoms with Crippen molar-refractivity contribution < 1.29 is 24.0 Å². The molecule has 0 unspecified atom stereocenters. The van der Waals surface area contributed by atoms with Crippen LogP contribution in [0.4, 0.5) is 32.3 Å². The highest BCUT2D eigenvalue weighted by Crippen LogP contribution is 2.33. The van der Waals surface area contributed by atoms with E-state index in [0.717, 1.165) is 25.7 Å². The van der Waals surface area contributed by atoms with Gasteiger partial charge in [0.1, 0.15) is 44.4 Å². The zero-order valence-electron chi connectivity index (χ0n) is 31.2. The van der Waals surface area contributed by atoms with E-state index in [0.29, 0.717) is 64.8 Å². The molecule has 2 aliphatic rings. The van der Waals surface area contributed by atoms with Gasteiger partial charge in [0.25, 0.3) is 0 Å². The topological polar surface area (TPSA) is 204 Å². The highest BCUT2D eigenvalue weighted by molar-refractivity contribution is 6.30. The Kier molecular flexibility index (Phi) is 12.4. The van der Waals surface area contributed by atoms with Gasteiger partial charge in [-0.25, -0.2) is 24.5 Å². The first-order valence-electron chi connectivity index (χ1n) is 17.7. The average molecular weight is 786 g/mol. The molecule has 2 amide bonds. The van der Waals surface area contributed by atoms with Crippen LogP contribution in [0.3, 0.4) is 0 Å². The molecule has 6 rings (SSSR count). The molecule has 2 aliphatic heterocycles. The Labute approximate surface area is 323 Å². The predicted octanol–water partition coefficient (Wildman–Crippen LogP) is 7.68. The molecule has 18 heteroatoms. The van der Waals surface area contributed by atoms with Gasteiger partial charge in [-0.1, -0.05) is 23.2 Å². The second kappa shape index (κ2) is 16.6. The maximum Gasteiger partial charge on any atom is 0.410 e. The maximum absolute atomic E-state index is 12.4. The summed E-state index contributed by atoms with van der Waals surface area (Å²) in [5.41, 5.74) is 8.47. The minimum absolute atomic E-state index is 0.0462. The number of carbonyl (C=O) groups is 2. The molecule has 0 radical (unpaired) electrons. The molecular weight excluding hydrogens is 739 g/mol. The molecular formula is C36H46Cl2N10O6. The summed E-state index contributed by atoms with van der Waals surface area (Å²) in [6.45, 7) is 13.2. The maximum atomic E-state index is 12.4. The van der Waals surface area contributed by atoms with Gasteiger partial charge in [-0.15, -0.1) is 0 Å². The number of hydrogen-bond donors (Lipinski definition) is 3. The SMILES string of the molecule is CC(C)(C)OC(=O)N1CCC[C@H](Nc2c(N)cnc3ccc(Cl)nc23)C1.CC(C)(C)OC(=O)N1CCC[C@H](Nc2c([N+](=O)[O-])cnc3ccc(Cl)nc23)C1. The third-order valence-electron chi connectivity index (χ3n) is 8.41. The van der Waals surface area contributed by atoms with Crippen molar-refractivity contribution in [2.24, 2.45) is 0 Å². The molecule has 16 nitrogen and oxygen atoms in total. The molecule has 2 fully saturated rings. The first-order valence-corrected chi connectivity index (χ1v) is 18.4. The number of ether oxygens (including phenoxy) is 2. The fourth-order valence-corrected chi connectivity index (χ4v) is 6.40. The van der Waals surface area contributed by atoms with Crippen LogP contribution in [0.25, 0.3) is 22.1 Å². The van der Waals surface area contributed by atoms with Crippen LogP contribution in [0.1, 0.15) is 67.2 Å². The van der Waals surface area contributed by atoms with E-state index < -0.39 is 22.2 Å². The van der Waals surface area contributed by atoms with Crippen LogP contribution in [0, 0.1) is 10.1 Å². The molecule has 2 saturated heterocycles. The number of nitrogens with one attached hydrogen (secondary N) is 2. The summed E-state index contributed by atoms with van der Waals surface area (Å²) in [5.74, 6) is 0. The molecule has 4 aromatic heterocycles. The fraction of sp³-hybridized carbons (Fsp3) is 0.500. The monoisotopic (exact) mass is 784 g/mol. The summed E-state index contributed by atoms with van der Waals surface area (Å²) in [7, 11) is 0. The van der Waals surface area contributed by atoms with E-state index >= 15 is 0 Å². The van der Waals surface area contributed by atoms with Crippen LogP contribution < -0.4 is 16.4 Å². The highest BCUT2D eigenvalue weighted by Gasteiger charge is 2.31. The molecule has 0 aromatic carbocycles. The summed E-state index contributed by atoms with van der Waals surface area (Å²) < 4.78 is 10.9. The van der Waals surface area contributed by atoms with E-state index in [2.05, 4.69) is 30.6 Å². The summed E-state index contributed by atoms with van der Waals surface area (Å²) in [5, 5.41) is 18.7. The van der Waals surface area contributed by atoms with E-state index in [-0.39, 0.29) is 34.7 Å². The van der Waals surface area contributed by atoms with Crippen molar-refractivity contribution in [3.05, 3.63) is 57.1 Å². The molecule has 6 heterocycles. The molecule has 290 valence electrons. The smallest absolute Gasteiger partial charge is 0.410 e. The number of nitrogens with zero attached hydrogens (tertiary/aromatic N) is 7. The number of carbonyl (C=O) groups excluding carboxylic acids is 2. The van der Waals surface area contributed by atoms with Crippen molar-refractivity contribution in [1.29, 1.82) is 0 Å². The average Bonchev–Trinajstić information content (AvgIpc) is 3.09. The fourth-order valence-electron chi connectivity index (χ4n) is 6.10. The Morgan fingerprint density at radius 1 is 0.796 bits per heavy atom. The molecule has 2 atom stereocenters. The number of likely N-dealkylation sites (tertiary alicyclic amines) is 2. The third-order valence-corrected chi connectivity index (χ3v) is 8.83. The van der Waals surface area contributed by atoms with E-state index in [1.54, 1.807) is 34.2 Å². The molecule has 0 saturated carbocycles. The Balaban J connectivity index is 0.000000208. The second-order valence-corrected chi connectivity index (χ2v) is 16.0. The normalized spacial score (nSPS) is 17.7. The number of pyridine rings is 4. The zero-order valence-corrected chi connectivity index (χ0v) is 32.7. The number of halogens is 2. The number of rotatable bonds is 5. The molecule has 4 N–H and O–H groups in total. The number of nitro groups is 1. The van der Waals surface area contributed by atoms with Crippen LogP contribution >= 0.6 is 23.2 Å². The quantitative estimate of drug-likeness (QED) is 0.101. The van der Waals surface area contributed by atoms with Crippen molar-refractivity contribution in [2.45, 2.75) is 90.5 Å². The Hall–Kier alpha value is -4.96.